The molecule has 1 aliphatic rings. The molecule has 1 fully saturated rings. The minimum atomic E-state index is -0.685. The Morgan fingerprint density at radius 2 is 2.16 bits per heavy atom. The van der Waals surface area contributed by atoms with E-state index in [1.165, 1.54) is 19.4 Å². The number of hydrogen-bond acceptors (Lipinski definition) is 3. The van der Waals surface area contributed by atoms with E-state index in [1.807, 2.05) is 0 Å². The number of ether oxygens (including phenoxy) is 1. The van der Waals surface area contributed by atoms with Gasteiger partial charge >= 0.3 is 5.97 Å². The molecule has 0 bridgehead atoms. The molecule has 1 aliphatic carbocycles. The largest absolute Gasteiger partial charge is 0.468 e. The molecule has 0 amide bonds. The Hall–Kier alpha value is -2.17. The molecule has 4 nitrogen and oxygen atoms in total. The Morgan fingerprint density at radius 3 is 2.79 bits per heavy atom. The van der Waals surface area contributed by atoms with Gasteiger partial charge in [-0.2, -0.15) is 4.39 Å². The van der Waals surface area contributed by atoms with Gasteiger partial charge in [-0.1, -0.05) is 6.07 Å². The summed E-state index contributed by atoms with van der Waals surface area (Å²) in [7, 11) is 1.35. The number of benzene rings is 1. The molecule has 19 heavy (non-hydrogen) atoms. The molecule has 0 unspecified atom stereocenters. The molecule has 0 saturated heterocycles. The Kier molecular flexibility index (Phi) is 2.45. The average molecular weight is 262 g/mol. The van der Waals surface area contributed by atoms with E-state index in [4.69, 9.17) is 4.74 Å². The van der Waals surface area contributed by atoms with E-state index in [9.17, 15) is 14.4 Å². The standard InChI is InChI=1S/C14H13FNO3/c1-19-13(17)14(6-7-14)10-4-5-11(15)12-9(10)3-2-8-16(12)18/h2-5,8,18H,6-7H2,1H3/q+1. The Labute approximate surface area is 109 Å². The van der Waals surface area contributed by atoms with Gasteiger partial charge in [0.2, 0.25) is 6.20 Å². The molecule has 98 valence electrons. The van der Waals surface area contributed by atoms with Crippen LogP contribution in [0.3, 0.4) is 0 Å². The third-order valence-corrected chi connectivity index (χ3v) is 3.73. The molecule has 0 radical (unpaired) electrons. The fourth-order valence-electron chi connectivity index (χ4n) is 2.60. The number of esters is 1. The van der Waals surface area contributed by atoms with Crippen molar-refractivity contribution in [3.05, 3.63) is 41.8 Å². The van der Waals surface area contributed by atoms with Gasteiger partial charge in [0, 0.05) is 10.8 Å². The van der Waals surface area contributed by atoms with Crippen LogP contribution < -0.4 is 4.73 Å². The van der Waals surface area contributed by atoms with Gasteiger partial charge in [-0.25, -0.2) is 0 Å². The van der Waals surface area contributed by atoms with Crippen LogP contribution in [0.1, 0.15) is 18.4 Å². The van der Waals surface area contributed by atoms with E-state index in [-0.39, 0.29) is 11.5 Å². The lowest BCUT2D eigenvalue weighted by molar-refractivity contribution is -0.885. The summed E-state index contributed by atoms with van der Waals surface area (Å²) in [5.41, 5.74) is 0.101. The van der Waals surface area contributed by atoms with Crippen molar-refractivity contribution in [3.63, 3.8) is 0 Å². The predicted octanol–water partition coefficient (Wildman–Crippen LogP) is 1.71. The Balaban J connectivity index is 2.30. The number of carbonyl (C=O) groups excluding carboxylic acids is 1. The molecule has 1 saturated carbocycles. The number of nitrogens with zero attached hydrogens (tertiary/aromatic N) is 1. The molecule has 2 aromatic rings. The Morgan fingerprint density at radius 1 is 1.42 bits per heavy atom. The second-order valence-corrected chi connectivity index (χ2v) is 4.78. The predicted molar refractivity (Wildman–Crippen MR) is 64.2 cm³/mol. The summed E-state index contributed by atoms with van der Waals surface area (Å²) in [5, 5.41) is 10.3. The van der Waals surface area contributed by atoms with Gasteiger partial charge in [-0.15, -0.1) is 0 Å². The van der Waals surface area contributed by atoms with Gasteiger partial charge in [-0.3, -0.25) is 10.0 Å². The zero-order valence-electron chi connectivity index (χ0n) is 10.4. The summed E-state index contributed by atoms with van der Waals surface area (Å²) in [6, 6.07) is 6.18. The fraction of sp³-hybridized carbons (Fsp3) is 0.286. The van der Waals surface area contributed by atoms with Gasteiger partial charge in [-0.05, 0) is 30.5 Å². The molecule has 3 rings (SSSR count). The summed E-state index contributed by atoms with van der Waals surface area (Å²) in [4.78, 5) is 11.9. The monoisotopic (exact) mass is 262 g/mol. The molecular formula is C14H13FNO3+. The second kappa shape index (κ2) is 3.91. The van der Waals surface area contributed by atoms with Gasteiger partial charge < -0.3 is 4.74 Å². The molecule has 0 aliphatic heterocycles. The normalized spacial score (nSPS) is 16.3. The van der Waals surface area contributed by atoms with Crippen molar-refractivity contribution in [2.24, 2.45) is 0 Å². The minimum absolute atomic E-state index is 0.0789. The second-order valence-electron chi connectivity index (χ2n) is 4.78. The third kappa shape index (κ3) is 1.58. The molecule has 5 heteroatoms. The van der Waals surface area contributed by atoms with Crippen molar-refractivity contribution in [1.29, 1.82) is 0 Å². The number of carbonyl (C=O) groups is 1. The lowest BCUT2D eigenvalue weighted by Gasteiger charge is -2.14. The topological polar surface area (TPSA) is 50.4 Å². The van der Waals surface area contributed by atoms with Crippen molar-refractivity contribution in [1.82, 2.24) is 0 Å². The van der Waals surface area contributed by atoms with Crippen LogP contribution in [-0.4, -0.2) is 18.3 Å². The zero-order valence-corrected chi connectivity index (χ0v) is 10.4. The van der Waals surface area contributed by atoms with E-state index < -0.39 is 11.2 Å². The van der Waals surface area contributed by atoms with Crippen LogP contribution >= 0.6 is 0 Å². The highest BCUT2D eigenvalue weighted by atomic mass is 19.1. The van der Waals surface area contributed by atoms with Gasteiger partial charge in [0.05, 0.1) is 17.9 Å². The highest BCUT2D eigenvalue weighted by Gasteiger charge is 2.53. The molecule has 1 N–H and O–H groups in total. The van der Waals surface area contributed by atoms with E-state index >= 15 is 0 Å². The van der Waals surface area contributed by atoms with Crippen molar-refractivity contribution >= 4 is 16.9 Å². The smallest absolute Gasteiger partial charge is 0.316 e. The van der Waals surface area contributed by atoms with E-state index in [1.54, 1.807) is 18.2 Å². The van der Waals surface area contributed by atoms with Crippen LogP contribution in [0.25, 0.3) is 10.9 Å². The summed E-state index contributed by atoms with van der Waals surface area (Å²) in [6.07, 6.45) is 2.72. The van der Waals surface area contributed by atoms with Gasteiger partial charge in [0.25, 0.3) is 5.52 Å². The average Bonchev–Trinajstić information content (AvgIpc) is 3.20. The highest BCUT2D eigenvalue weighted by molar-refractivity contribution is 5.93. The van der Waals surface area contributed by atoms with E-state index in [2.05, 4.69) is 0 Å². The SMILES string of the molecule is COC(=O)C1(c2ccc(F)c3c2ccc[n+]3O)CC1. The summed E-state index contributed by atoms with van der Waals surface area (Å²) in [6.45, 7) is 0. The number of methoxy groups -OCH3 is 1. The van der Waals surface area contributed by atoms with E-state index in [0.717, 1.165) is 4.73 Å². The number of pyridine rings is 1. The van der Waals surface area contributed by atoms with Crippen LogP contribution in [0.2, 0.25) is 0 Å². The van der Waals surface area contributed by atoms with Crippen molar-refractivity contribution < 1.29 is 23.9 Å². The van der Waals surface area contributed by atoms with Crippen molar-refractivity contribution in [2.45, 2.75) is 18.3 Å². The first-order valence-electron chi connectivity index (χ1n) is 6.01. The molecule has 1 aromatic heterocycles. The molecule has 0 spiro atoms. The molecule has 1 heterocycles. The number of hydrogen-bond donors (Lipinski definition) is 1. The van der Waals surface area contributed by atoms with Crippen molar-refractivity contribution in [2.75, 3.05) is 7.11 Å². The summed E-state index contributed by atoms with van der Waals surface area (Å²) in [5.74, 6) is -0.837. The van der Waals surface area contributed by atoms with Crippen LogP contribution in [0.15, 0.2) is 30.5 Å². The Bertz CT molecular complexity index is 671. The van der Waals surface area contributed by atoms with Gasteiger partial charge in [0.15, 0.2) is 5.82 Å². The van der Waals surface area contributed by atoms with Crippen LogP contribution in [-0.2, 0) is 14.9 Å². The van der Waals surface area contributed by atoms with E-state index in [0.29, 0.717) is 23.8 Å². The molecule has 1 aromatic carbocycles. The first kappa shape index (κ1) is 11.9. The maximum absolute atomic E-state index is 13.8. The fourth-order valence-corrected chi connectivity index (χ4v) is 2.60. The number of fused-ring (bicyclic) bond motifs is 1. The van der Waals surface area contributed by atoms with Crippen LogP contribution in [0.5, 0.6) is 0 Å². The highest BCUT2D eigenvalue weighted by Crippen LogP contribution is 2.51. The quantitative estimate of drug-likeness (QED) is 0.509. The summed E-state index contributed by atoms with van der Waals surface area (Å²) >= 11 is 0. The lowest BCUT2D eigenvalue weighted by Crippen LogP contribution is -2.32. The number of rotatable bonds is 2. The van der Waals surface area contributed by atoms with Gasteiger partial charge in [0.1, 0.15) is 0 Å². The maximum atomic E-state index is 13.8. The zero-order chi connectivity index (χ0) is 13.6. The molecular weight excluding hydrogens is 249 g/mol. The third-order valence-electron chi connectivity index (χ3n) is 3.73. The number of aromatic nitrogens is 1. The number of halogens is 1. The first-order chi connectivity index (χ1) is 9.10. The van der Waals surface area contributed by atoms with Crippen LogP contribution in [0.4, 0.5) is 4.39 Å². The maximum Gasteiger partial charge on any atom is 0.316 e. The van der Waals surface area contributed by atoms with Crippen LogP contribution in [0, 0.1) is 5.82 Å². The lowest BCUT2D eigenvalue weighted by atomic mass is 9.92. The molecule has 0 atom stereocenters. The van der Waals surface area contributed by atoms with Crippen molar-refractivity contribution in [3.8, 4) is 0 Å². The minimum Gasteiger partial charge on any atom is -0.468 e. The summed E-state index contributed by atoms with van der Waals surface area (Å²) < 4.78 is 19.4. The first-order valence-corrected chi connectivity index (χ1v) is 6.01.